The van der Waals surface area contributed by atoms with E-state index in [1.54, 1.807) is 30.5 Å². The molecule has 0 spiro atoms. The van der Waals surface area contributed by atoms with E-state index < -0.39 is 10.0 Å². The minimum Gasteiger partial charge on any atom is -0.340 e. The molecule has 0 aliphatic carbocycles. The number of thioether (sulfide) groups is 1. The maximum Gasteiger partial charge on any atom is 0.246 e. The Morgan fingerprint density at radius 3 is 2.67 bits per heavy atom. The Labute approximate surface area is 146 Å². The number of aromatic amines is 1. The van der Waals surface area contributed by atoms with Crippen LogP contribution in [-0.4, -0.2) is 77.6 Å². The number of carbonyl (C=O) groups is 1. The van der Waals surface area contributed by atoms with Gasteiger partial charge in [0.25, 0.3) is 0 Å². The first-order valence-corrected chi connectivity index (χ1v) is 10.6. The molecule has 2 aliphatic heterocycles. The highest BCUT2D eigenvalue weighted by atomic mass is 32.2. The summed E-state index contributed by atoms with van der Waals surface area (Å²) in [7, 11) is -3.59. The number of hydrogen-bond donors (Lipinski definition) is 2. The van der Waals surface area contributed by atoms with E-state index in [0.29, 0.717) is 44.0 Å². The van der Waals surface area contributed by atoms with Gasteiger partial charge in [-0.3, -0.25) is 15.2 Å². The largest absolute Gasteiger partial charge is 0.340 e. The van der Waals surface area contributed by atoms with Gasteiger partial charge in [-0.05, 0) is 20.3 Å². The molecule has 24 heavy (non-hydrogen) atoms. The number of nitrogens with zero attached hydrogens (tertiary/aromatic N) is 3. The fraction of sp³-hybridized carbons (Fsp3) is 0.714. The standard InChI is InChI=1S/C14H23N5O3S2/c1-10-13(11(2)17-16-10)24(21,22)19-5-3-4-18(6-7-19)14(20)12-8-23-9-15-12/h12,15H,3-9H2,1-2H3,(H,16,17). The van der Waals surface area contributed by atoms with Gasteiger partial charge in [0.05, 0.1) is 17.4 Å². The third kappa shape index (κ3) is 3.32. The lowest BCUT2D eigenvalue weighted by Crippen LogP contribution is -2.46. The highest BCUT2D eigenvalue weighted by molar-refractivity contribution is 7.99. The molecule has 1 atom stereocenters. The summed E-state index contributed by atoms with van der Waals surface area (Å²) in [6.07, 6.45) is 0.640. The van der Waals surface area contributed by atoms with E-state index in [0.717, 1.165) is 11.6 Å². The van der Waals surface area contributed by atoms with Crippen molar-refractivity contribution in [3.8, 4) is 0 Å². The van der Waals surface area contributed by atoms with Gasteiger partial charge in [0, 0.05) is 37.8 Å². The first-order valence-electron chi connectivity index (χ1n) is 8.03. The second kappa shape index (κ2) is 7.03. The summed E-state index contributed by atoms with van der Waals surface area (Å²) >= 11 is 1.71. The molecule has 2 aliphatic rings. The molecule has 0 saturated carbocycles. The van der Waals surface area contributed by atoms with Gasteiger partial charge in [0.1, 0.15) is 4.90 Å². The third-order valence-electron chi connectivity index (χ3n) is 4.44. The number of H-pyrrole nitrogens is 1. The van der Waals surface area contributed by atoms with Gasteiger partial charge in [0.15, 0.2) is 0 Å². The normalized spacial score (nSPS) is 23.4. The molecular formula is C14H23N5O3S2. The molecule has 1 amide bonds. The topological polar surface area (TPSA) is 98.4 Å². The van der Waals surface area contributed by atoms with Crippen molar-refractivity contribution in [1.82, 2.24) is 24.7 Å². The number of carbonyl (C=O) groups excluding carboxylic acids is 1. The molecule has 2 saturated heterocycles. The summed E-state index contributed by atoms with van der Waals surface area (Å²) in [6, 6.07) is -0.142. The van der Waals surface area contributed by atoms with Gasteiger partial charge in [0.2, 0.25) is 15.9 Å². The number of amides is 1. The number of aryl methyl sites for hydroxylation is 2. The molecule has 3 heterocycles. The molecule has 2 fully saturated rings. The Morgan fingerprint density at radius 2 is 2.04 bits per heavy atom. The van der Waals surface area contributed by atoms with Crippen LogP contribution in [0.4, 0.5) is 0 Å². The smallest absolute Gasteiger partial charge is 0.246 e. The molecule has 1 aromatic heterocycles. The van der Waals surface area contributed by atoms with Crippen molar-refractivity contribution in [1.29, 1.82) is 0 Å². The van der Waals surface area contributed by atoms with Crippen molar-refractivity contribution >= 4 is 27.7 Å². The number of sulfonamides is 1. The van der Waals surface area contributed by atoms with E-state index in [9.17, 15) is 13.2 Å². The molecule has 0 radical (unpaired) electrons. The van der Waals surface area contributed by atoms with E-state index in [2.05, 4.69) is 15.5 Å². The SMILES string of the molecule is Cc1n[nH]c(C)c1S(=O)(=O)N1CCCN(C(=O)C2CSCN2)CC1. The van der Waals surface area contributed by atoms with Crippen molar-refractivity contribution in [3.05, 3.63) is 11.4 Å². The monoisotopic (exact) mass is 373 g/mol. The summed E-state index contributed by atoms with van der Waals surface area (Å²) in [4.78, 5) is 14.6. The fourth-order valence-corrected chi connectivity index (χ4v) is 5.91. The quantitative estimate of drug-likeness (QED) is 0.769. The second-order valence-electron chi connectivity index (χ2n) is 6.12. The maximum atomic E-state index is 12.9. The maximum absolute atomic E-state index is 12.9. The van der Waals surface area contributed by atoms with Crippen molar-refractivity contribution in [2.45, 2.75) is 31.2 Å². The third-order valence-corrected chi connectivity index (χ3v) is 7.54. The molecule has 1 aromatic rings. The summed E-state index contributed by atoms with van der Waals surface area (Å²) in [5, 5.41) is 9.90. The van der Waals surface area contributed by atoms with Crippen molar-refractivity contribution in [2.24, 2.45) is 0 Å². The Balaban J connectivity index is 1.72. The van der Waals surface area contributed by atoms with Crippen LogP contribution in [0.25, 0.3) is 0 Å². The highest BCUT2D eigenvalue weighted by Gasteiger charge is 2.33. The molecule has 2 N–H and O–H groups in total. The lowest BCUT2D eigenvalue weighted by molar-refractivity contribution is -0.132. The van der Waals surface area contributed by atoms with Gasteiger partial charge in [-0.2, -0.15) is 9.40 Å². The Hall–Kier alpha value is -1.10. The summed E-state index contributed by atoms with van der Waals surface area (Å²) in [5.41, 5.74) is 1.04. The summed E-state index contributed by atoms with van der Waals surface area (Å²) in [6.45, 7) is 5.16. The lowest BCUT2D eigenvalue weighted by atomic mass is 10.2. The number of aromatic nitrogens is 2. The van der Waals surface area contributed by atoms with E-state index in [-0.39, 0.29) is 16.8 Å². The average Bonchev–Trinajstić information content (AvgIpc) is 3.10. The van der Waals surface area contributed by atoms with Crippen LogP contribution < -0.4 is 5.32 Å². The zero-order valence-electron chi connectivity index (χ0n) is 13.9. The van der Waals surface area contributed by atoms with Crippen LogP contribution in [0.3, 0.4) is 0 Å². The predicted octanol–water partition coefficient (Wildman–Crippen LogP) is -0.0880. The minimum atomic E-state index is -3.59. The fourth-order valence-electron chi connectivity index (χ4n) is 3.18. The molecule has 3 rings (SSSR count). The van der Waals surface area contributed by atoms with Crippen LogP contribution >= 0.6 is 11.8 Å². The Bertz CT molecular complexity index is 692. The molecule has 134 valence electrons. The van der Waals surface area contributed by atoms with Gasteiger partial charge in [-0.15, -0.1) is 11.8 Å². The Kier molecular flexibility index (Phi) is 5.19. The van der Waals surface area contributed by atoms with Gasteiger partial charge >= 0.3 is 0 Å². The summed E-state index contributed by atoms with van der Waals surface area (Å²) < 4.78 is 27.3. The molecule has 10 heteroatoms. The van der Waals surface area contributed by atoms with Crippen LogP contribution in [0.15, 0.2) is 4.90 Å². The molecule has 1 unspecified atom stereocenters. The van der Waals surface area contributed by atoms with E-state index in [1.807, 2.05) is 0 Å². The van der Waals surface area contributed by atoms with Gasteiger partial charge in [-0.25, -0.2) is 8.42 Å². The van der Waals surface area contributed by atoms with Crippen LogP contribution in [-0.2, 0) is 14.8 Å². The predicted molar refractivity (Wildman–Crippen MR) is 92.3 cm³/mol. The van der Waals surface area contributed by atoms with Crippen LogP contribution in [0.2, 0.25) is 0 Å². The van der Waals surface area contributed by atoms with Crippen LogP contribution in [0.1, 0.15) is 17.8 Å². The van der Waals surface area contributed by atoms with E-state index in [4.69, 9.17) is 0 Å². The van der Waals surface area contributed by atoms with Crippen molar-refractivity contribution < 1.29 is 13.2 Å². The zero-order chi connectivity index (χ0) is 17.3. The van der Waals surface area contributed by atoms with E-state index >= 15 is 0 Å². The van der Waals surface area contributed by atoms with Crippen LogP contribution in [0, 0.1) is 13.8 Å². The number of rotatable bonds is 3. The van der Waals surface area contributed by atoms with E-state index in [1.165, 1.54) is 4.31 Å². The molecule has 0 bridgehead atoms. The second-order valence-corrected chi connectivity index (χ2v) is 9.02. The minimum absolute atomic E-state index is 0.0786. The molecule has 0 aromatic carbocycles. The first kappa shape index (κ1) is 17.7. The molecular weight excluding hydrogens is 350 g/mol. The lowest BCUT2D eigenvalue weighted by Gasteiger charge is -2.24. The van der Waals surface area contributed by atoms with Crippen molar-refractivity contribution in [2.75, 3.05) is 37.8 Å². The Morgan fingerprint density at radius 1 is 1.25 bits per heavy atom. The number of nitrogens with one attached hydrogen (secondary N) is 2. The summed E-state index contributed by atoms with van der Waals surface area (Å²) in [5.74, 6) is 1.66. The van der Waals surface area contributed by atoms with Gasteiger partial charge in [-0.1, -0.05) is 0 Å². The molecule has 8 nitrogen and oxygen atoms in total. The zero-order valence-corrected chi connectivity index (χ0v) is 15.5. The van der Waals surface area contributed by atoms with Gasteiger partial charge < -0.3 is 4.90 Å². The highest BCUT2D eigenvalue weighted by Crippen LogP contribution is 2.23. The first-order chi connectivity index (χ1) is 11.4. The number of hydrogen-bond acceptors (Lipinski definition) is 6. The van der Waals surface area contributed by atoms with Crippen molar-refractivity contribution in [3.63, 3.8) is 0 Å². The van der Waals surface area contributed by atoms with Crippen LogP contribution in [0.5, 0.6) is 0 Å². The average molecular weight is 374 g/mol.